The molecule has 1 saturated heterocycles. The number of hydrogen-bond acceptors (Lipinski definition) is 2. The third-order valence-electron chi connectivity index (χ3n) is 5.63. The number of nitrogens with zero attached hydrogens (tertiary/aromatic N) is 2. The van der Waals surface area contributed by atoms with Crippen molar-refractivity contribution in [3.05, 3.63) is 88.7 Å². The fraction of sp³-hybridized carbons (Fsp3) is 0.250. The van der Waals surface area contributed by atoms with Crippen molar-refractivity contribution in [1.29, 1.82) is 5.26 Å². The fourth-order valence-corrected chi connectivity index (χ4v) is 4.27. The number of carbonyl (C=O) groups excluding carboxylic acids is 1. The summed E-state index contributed by atoms with van der Waals surface area (Å²) in [6.45, 7) is 3.04. The molecule has 2 heterocycles. The van der Waals surface area contributed by atoms with Crippen LogP contribution < -0.4 is 10.2 Å². The van der Waals surface area contributed by atoms with E-state index in [1.807, 2.05) is 18.2 Å². The number of nitriles is 1. The van der Waals surface area contributed by atoms with Crippen molar-refractivity contribution < 1.29 is 9.69 Å². The summed E-state index contributed by atoms with van der Waals surface area (Å²) in [7, 11) is 0. The Hall–Kier alpha value is -3.07. The molecule has 1 aromatic heterocycles. The maximum Gasteiger partial charge on any atom is 0.269 e. The molecule has 30 heavy (non-hydrogen) atoms. The van der Waals surface area contributed by atoms with E-state index in [-0.39, 0.29) is 11.9 Å². The second-order valence-corrected chi connectivity index (χ2v) is 8.14. The minimum Gasteiger partial charge on any atom is -0.348 e. The molecule has 1 aliphatic heterocycles. The van der Waals surface area contributed by atoms with Crippen LogP contribution in [0.25, 0.3) is 5.69 Å². The van der Waals surface area contributed by atoms with E-state index >= 15 is 0 Å². The Balaban J connectivity index is 1.42. The van der Waals surface area contributed by atoms with Gasteiger partial charge in [-0.05, 0) is 24.3 Å². The van der Waals surface area contributed by atoms with Gasteiger partial charge in [0.2, 0.25) is 0 Å². The highest BCUT2D eigenvalue weighted by Crippen LogP contribution is 2.20. The first kappa shape index (κ1) is 20.2. The number of halogens is 1. The third kappa shape index (κ3) is 4.56. The van der Waals surface area contributed by atoms with Crippen molar-refractivity contribution in [3.63, 3.8) is 0 Å². The molecule has 0 saturated carbocycles. The van der Waals surface area contributed by atoms with Gasteiger partial charge in [0.1, 0.15) is 18.3 Å². The minimum atomic E-state index is -0.215. The largest absolute Gasteiger partial charge is 0.348 e. The van der Waals surface area contributed by atoms with Gasteiger partial charge in [0.15, 0.2) is 0 Å². The first-order valence-electron chi connectivity index (χ1n) is 10.2. The first-order chi connectivity index (χ1) is 14.6. The monoisotopic (exact) mass is 419 g/mol. The fourth-order valence-electron chi connectivity index (χ4n) is 4.08. The zero-order valence-electron chi connectivity index (χ0n) is 16.6. The van der Waals surface area contributed by atoms with Gasteiger partial charge in [-0.15, -0.1) is 0 Å². The molecule has 0 atom stereocenters. The summed E-state index contributed by atoms with van der Waals surface area (Å²) in [5, 5.41) is 13.2. The molecule has 6 heteroatoms. The van der Waals surface area contributed by atoms with E-state index in [2.05, 4.69) is 35.7 Å². The van der Waals surface area contributed by atoms with Crippen molar-refractivity contribution in [2.24, 2.45) is 0 Å². The van der Waals surface area contributed by atoms with Crippen LogP contribution in [0.5, 0.6) is 0 Å². The van der Waals surface area contributed by atoms with E-state index in [0.29, 0.717) is 16.3 Å². The summed E-state index contributed by atoms with van der Waals surface area (Å²) >= 11 is 6.11. The summed E-state index contributed by atoms with van der Waals surface area (Å²) in [4.78, 5) is 14.6. The average molecular weight is 420 g/mol. The molecule has 0 radical (unpaired) electrons. The molecule has 1 amide bonds. The lowest BCUT2D eigenvalue weighted by Crippen LogP contribution is -3.12. The van der Waals surface area contributed by atoms with Crippen molar-refractivity contribution >= 4 is 17.5 Å². The maximum atomic E-state index is 13.1. The third-order valence-corrected chi connectivity index (χ3v) is 5.87. The van der Waals surface area contributed by atoms with Gasteiger partial charge in [-0.2, -0.15) is 5.26 Å². The van der Waals surface area contributed by atoms with Crippen LogP contribution >= 0.6 is 11.6 Å². The Bertz CT molecular complexity index is 1060. The number of piperidine rings is 1. The number of amides is 1. The van der Waals surface area contributed by atoms with Gasteiger partial charge in [0, 0.05) is 41.4 Å². The van der Waals surface area contributed by atoms with Crippen molar-refractivity contribution in [2.75, 3.05) is 13.1 Å². The summed E-state index contributed by atoms with van der Waals surface area (Å²) in [6, 6.07) is 21.7. The normalized spacial score (nSPS) is 18.5. The van der Waals surface area contributed by atoms with E-state index in [4.69, 9.17) is 11.6 Å². The molecule has 0 spiro atoms. The van der Waals surface area contributed by atoms with Gasteiger partial charge in [0.05, 0.1) is 18.7 Å². The van der Waals surface area contributed by atoms with Crippen LogP contribution in [0.15, 0.2) is 66.9 Å². The maximum absolute atomic E-state index is 13.1. The molecular formula is C24H24ClN4O+. The van der Waals surface area contributed by atoms with Crippen LogP contribution in [0.3, 0.4) is 0 Å². The summed E-state index contributed by atoms with van der Waals surface area (Å²) in [5.74, 6) is -0.215. The Kier molecular flexibility index (Phi) is 6.18. The van der Waals surface area contributed by atoms with Crippen LogP contribution in [0, 0.1) is 11.3 Å². The summed E-state index contributed by atoms with van der Waals surface area (Å²) in [6.07, 6.45) is 3.59. The topological polar surface area (TPSA) is 62.3 Å². The molecule has 5 nitrogen and oxygen atoms in total. The Labute approximate surface area is 181 Å². The van der Waals surface area contributed by atoms with E-state index in [1.54, 1.807) is 29.0 Å². The molecule has 0 bridgehead atoms. The van der Waals surface area contributed by atoms with Crippen molar-refractivity contribution in [2.45, 2.75) is 25.4 Å². The Morgan fingerprint density at radius 2 is 1.90 bits per heavy atom. The number of carbonyl (C=O) groups is 1. The SMILES string of the molecule is N#Cc1ccn(-c2cccc(Cl)c2)c1C(=O)NC1CC[NH+](Cc2ccccc2)CC1. The lowest BCUT2D eigenvalue weighted by atomic mass is 10.0. The van der Waals surface area contributed by atoms with Crippen molar-refractivity contribution in [3.8, 4) is 11.8 Å². The lowest BCUT2D eigenvalue weighted by molar-refractivity contribution is -0.918. The zero-order valence-corrected chi connectivity index (χ0v) is 17.4. The van der Waals surface area contributed by atoms with E-state index < -0.39 is 0 Å². The molecule has 152 valence electrons. The van der Waals surface area contributed by atoms with Crippen LogP contribution in [-0.2, 0) is 6.54 Å². The Morgan fingerprint density at radius 3 is 2.60 bits per heavy atom. The van der Waals surface area contributed by atoms with E-state index in [1.165, 1.54) is 10.5 Å². The number of benzene rings is 2. The Morgan fingerprint density at radius 1 is 1.13 bits per heavy atom. The smallest absolute Gasteiger partial charge is 0.269 e. The van der Waals surface area contributed by atoms with E-state index in [0.717, 1.165) is 38.2 Å². The molecule has 2 N–H and O–H groups in total. The predicted molar refractivity (Wildman–Crippen MR) is 117 cm³/mol. The zero-order chi connectivity index (χ0) is 20.9. The molecule has 4 rings (SSSR count). The summed E-state index contributed by atoms with van der Waals surface area (Å²) in [5.41, 5.74) is 2.82. The number of rotatable bonds is 5. The quantitative estimate of drug-likeness (QED) is 0.667. The molecule has 0 unspecified atom stereocenters. The minimum absolute atomic E-state index is 0.117. The molecule has 1 fully saturated rings. The van der Waals surface area contributed by atoms with Gasteiger partial charge in [0.25, 0.3) is 5.91 Å². The van der Waals surface area contributed by atoms with Crippen LogP contribution in [0.4, 0.5) is 0 Å². The highest BCUT2D eigenvalue weighted by molar-refractivity contribution is 6.30. The molecule has 3 aromatic rings. The van der Waals surface area contributed by atoms with E-state index in [9.17, 15) is 10.1 Å². The number of quaternary nitrogens is 1. The standard InChI is InChI=1S/C24H23ClN4O/c25-20-7-4-8-22(15-20)29-14-9-19(16-26)23(29)24(30)27-21-10-12-28(13-11-21)17-18-5-2-1-3-6-18/h1-9,14-15,21H,10-13,17H2,(H,27,30)/p+1. The molecular weight excluding hydrogens is 396 g/mol. The van der Waals surface area contributed by atoms with Gasteiger partial charge in [-0.3, -0.25) is 4.79 Å². The summed E-state index contributed by atoms with van der Waals surface area (Å²) < 4.78 is 1.73. The highest BCUT2D eigenvalue weighted by Gasteiger charge is 2.26. The predicted octanol–water partition coefficient (Wildman–Crippen LogP) is 2.98. The van der Waals surface area contributed by atoms with Gasteiger partial charge >= 0.3 is 0 Å². The first-order valence-corrected chi connectivity index (χ1v) is 10.6. The van der Waals surface area contributed by atoms with Gasteiger partial charge in [-0.1, -0.05) is 48.0 Å². The highest BCUT2D eigenvalue weighted by atomic mass is 35.5. The molecule has 0 aliphatic carbocycles. The van der Waals surface area contributed by atoms with Gasteiger partial charge in [-0.25, -0.2) is 0 Å². The van der Waals surface area contributed by atoms with Gasteiger partial charge < -0.3 is 14.8 Å². The number of nitrogens with one attached hydrogen (secondary N) is 2. The second-order valence-electron chi connectivity index (χ2n) is 7.70. The van der Waals surface area contributed by atoms with Crippen molar-refractivity contribution in [1.82, 2.24) is 9.88 Å². The number of likely N-dealkylation sites (tertiary alicyclic amines) is 1. The van der Waals surface area contributed by atoms with Crippen LogP contribution in [0.2, 0.25) is 5.02 Å². The lowest BCUT2D eigenvalue weighted by Gasteiger charge is -2.30. The van der Waals surface area contributed by atoms with Crippen LogP contribution in [-0.4, -0.2) is 29.6 Å². The number of aromatic nitrogens is 1. The average Bonchev–Trinajstić information content (AvgIpc) is 3.20. The molecule has 2 aromatic carbocycles. The van der Waals surface area contributed by atoms with Crippen LogP contribution in [0.1, 0.15) is 34.5 Å². The number of hydrogen-bond donors (Lipinski definition) is 2. The molecule has 1 aliphatic rings. The second kappa shape index (κ2) is 9.17.